The molecular weight excluding hydrogens is 232 g/mol. The quantitative estimate of drug-likeness (QED) is 0.703. The summed E-state index contributed by atoms with van der Waals surface area (Å²) in [4.78, 5) is 10.9. The number of rotatable bonds is 2. The van der Waals surface area contributed by atoms with Crippen molar-refractivity contribution in [1.82, 2.24) is 0 Å². The van der Waals surface area contributed by atoms with Crippen LogP contribution in [-0.4, -0.2) is 6.29 Å². The maximum Gasteiger partial charge on any atom is 0.150 e. The molecule has 0 heterocycles. The highest BCUT2D eigenvalue weighted by Crippen LogP contribution is 2.28. The minimum Gasteiger partial charge on any atom is -0.298 e. The van der Waals surface area contributed by atoms with Crippen LogP contribution in [0.2, 0.25) is 0 Å². The number of aryl methyl sites for hydroxylation is 1. The molecule has 2 rings (SSSR count). The second-order valence-corrected chi connectivity index (χ2v) is 6.02. The standard InChI is InChI=1S/C18H20O/c1-13-5-6-14(12-19)11-17(13)15-7-9-16(10-8-15)18(2,3)4/h5-12H,1-4H3. The van der Waals surface area contributed by atoms with Gasteiger partial charge in [-0.05, 0) is 40.7 Å². The Balaban J connectivity index is 2.45. The van der Waals surface area contributed by atoms with Crippen LogP contribution < -0.4 is 0 Å². The average Bonchev–Trinajstić information content (AvgIpc) is 2.38. The lowest BCUT2D eigenvalue weighted by atomic mass is 9.86. The highest BCUT2D eigenvalue weighted by molar-refractivity contribution is 5.80. The molecule has 0 aliphatic heterocycles. The van der Waals surface area contributed by atoms with Crippen molar-refractivity contribution in [2.45, 2.75) is 33.1 Å². The van der Waals surface area contributed by atoms with Crippen molar-refractivity contribution in [3.8, 4) is 11.1 Å². The van der Waals surface area contributed by atoms with E-state index in [1.165, 1.54) is 11.1 Å². The van der Waals surface area contributed by atoms with Crippen LogP contribution in [0.3, 0.4) is 0 Å². The molecule has 0 unspecified atom stereocenters. The molecule has 0 amide bonds. The molecule has 0 atom stereocenters. The third-order valence-corrected chi connectivity index (χ3v) is 3.46. The van der Waals surface area contributed by atoms with E-state index in [-0.39, 0.29) is 5.41 Å². The number of hydrogen-bond donors (Lipinski definition) is 0. The summed E-state index contributed by atoms with van der Waals surface area (Å²) in [7, 11) is 0. The Hall–Kier alpha value is -1.89. The summed E-state index contributed by atoms with van der Waals surface area (Å²) in [6, 6.07) is 14.4. The summed E-state index contributed by atoms with van der Waals surface area (Å²) in [6.45, 7) is 8.70. The highest BCUT2D eigenvalue weighted by Gasteiger charge is 2.13. The summed E-state index contributed by atoms with van der Waals surface area (Å²) in [5.74, 6) is 0. The molecule has 0 aliphatic rings. The minimum atomic E-state index is 0.165. The van der Waals surface area contributed by atoms with E-state index in [1.54, 1.807) is 0 Å². The second-order valence-electron chi connectivity index (χ2n) is 6.02. The molecule has 2 aromatic carbocycles. The molecule has 0 saturated heterocycles. The Bertz CT molecular complexity index is 586. The molecule has 0 saturated carbocycles. The molecule has 98 valence electrons. The Morgan fingerprint density at radius 1 is 0.947 bits per heavy atom. The third kappa shape index (κ3) is 2.93. The molecule has 0 spiro atoms. The van der Waals surface area contributed by atoms with E-state index in [0.29, 0.717) is 0 Å². The van der Waals surface area contributed by atoms with Gasteiger partial charge in [-0.3, -0.25) is 4.79 Å². The van der Waals surface area contributed by atoms with Crippen molar-refractivity contribution in [3.63, 3.8) is 0 Å². The van der Waals surface area contributed by atoms with Crippen molar-refractivity contribution in [3.05, 3.63) is 59.2 Å². The predicted molar refractivity (Wildman–Crippen MR) is 80.7 cm³/mol. The van der Waals surface area contributed by atoms with Gasteiger partial charge in [0.15, 0.2) is 0 Å². The SMILES string of the molecule is Cc1ccc(C=O)cc1-c1ccc(C(C)(C)C)cc1. The Morgan fingerprint density at radius 3 is 2.11 bits per heavy atom. The van der Waals surface area contributed by atoms with Gasteiger partial charge < -0.3 is 0 Å². The van der Waals surface area contributed by atoms with E-state index >= 15 is 0 Å². The van der Waals surface area contributed by atoms with Crippen LogP contribution in [0.1, 0.15) is 42.3 Å². The molecule has 0 aliphatic carbocycles. The number of benzene rings is 2. The zero-order chi connectivity index (χ0) is 14.0. The van der Waals surface area contributed by atoms with Gasteiger partial charge in [0, 0.05) is 5.56 Å². The smallest absolute Gasteiger partial charge is 0.150 e. The first kappa shape index (κ1) is 13.5. The van der Waals surface area contributed by atoms with Crippen LogP contribution in [0.5, 0.6) is 0 Å². The lowest BCUT2D eigenvalue weighted by Gasteiger charge is -2.19. The minimum absolute atomic E-state index is 0.165. The van der Waals surface area contributed by atoms with E-state index in [1.807, 2.05) is 18.2 Å². The summed E-state index contributed by atoms with van der Waals surface area (Å²) < 4.78 is 0. The van der Waals surface area contributed by atoms with Gasteiger partial charge in [0.05, 0.1) is 0 Å². The van der Waals surface area contributed by atoms with E-state index in [0.717, 1.165) is 23.0 Å². The van der Waals surface area contributed by atoms with Crippen LogP contribution in [0.15, 0.2) is 42.5 Å². The first-order chi connectivity index (χ1) is 8.91. The number of carbonyl (C=O) groups is 1. The van der Waals surface area contributed by atoms with Crippen LogP contribution in [0.4, 0.5) is 0 Å². The van der Waals surface area contributed by atoms with Crippen molar-refractivity contribution >= 4 is 6.29 Å². The zero-order valence-electron chi connectivity index (χ0n) is 12.0. The monoisotopic (exact) mass is 252 g/mol. The molecule has 19 heavy (non-hydrogen) atoms. The molecule has 1 nitrogen and oxygen atoms in total. The van der Waals surface area contributed by atoms with E-state index in [2.05, 4.69) is 52.0 Å². The van der Waals surface area contributed by atoms with Gasteiger partial charge in [-0.25, -0.2) is 0 Å². The fourth-order valence-corrected chi connectivity index (χ4v) is 2.17. The molecule has 0 radical (unpaired) electrons. The van der Waals surface area contributed by atoms with Crippen molar-refractivity contribution in [2.24, 2.45) is 0 Å². The van der Waals surface area contributed by atoms with Crippen molar-refractivity contribution in [1.29, 1.82) is 0 Å². The normalized spacial score (nSPS) is 11.4. The fraction of sp³-hybridized carbons (Fsp3) is 0.278. The largest absolute Gasteiger partial charge is 0.298 e. The van der Waals surface area contributed by atoms with Crippen LogP contribution in [0.25, 0.3) is 11.1 Å². The summed E-state index contributed by atoms with van der Waals surface area (Å²) >= 11 is 0. The Labute approximate surface area is 115 Å². The first-order valence-corrected chi connectivity index (χ1v) is 6.58. The van der Waals surface area contributed by atoms with Gasteiger partial charge >= 0.3 is 0 Å². The molecule has 1 heteroatoms. The number of hydrogen-bond acceptors (Lipinski definition) is 1. The second kappa shape index (κ2) is 5.00. The maximum atomic E-state index is 10.9. The van der Waals surface area contributed by atoms with E-state index in [9.17, 15) is 4.79 Å². The third-order valence-electron chi connectivity index (χ3n) is 3.46. The van der Waals surface area contributed by atoms with Gasteiger partial charge in [0.2, 0.25) is 0 Å². The van der Waals surface area contributed by atoms with Gasteiger partial charge in [-0.15, -0.1) is 0 Å². The number of carbonyl (C=O) groups excluding carboxylic acids is 1. The fourth-order valence-electron chi connectivity index (χ4n) is 2.17. The lowest BCUT2D eigenvalue weighted by Crippen LogP contribution is -2.10. The van der Waals surface area contributed by atoms with E-state index < -0.39 is 0 Å². The van der Waals surface area contributed by atoms with Crippen molar-refractivity contribution < 1.29 is 4.79 Å². The van der Waals surface area contributed by atoms with Crippen LogP contribution in [-0.2, 0) is 5.41 Å². The summed E-state index contributed by atoms with van der Waals surface area (Å²) in [5.41, 5.74) is 5.69. The number of aldehydes is 1. The molecule has 0 fully saturated rings. The lowest BCUT2D eigenvalue weighted by molar-refractivity contribution is 0.112. The average molecular weight is 252 g/mol. The molecule has 0 N–H and O–H groups in total. The van der Waals surface area contributed by atoms with Gasteiger partial charge in [0.25, 0.3) is 0 Å². The molecular formula is C18H20O. The molecule has 2 aromatic rings. The Kier molecular flexibility index (Phi) is 3.57. The van der Waals surface area contributed by atoms with Gasteiger partial charge in [0.1, 0.15) is 6.29 Å². The topological polar surface area (TPSA) is 17.1 Å². The zero-order valence-corrected chi connectivity index (χ0v) is 12.0. The first-order valence-electron chi connectivity index (χ1n) is 6.58. The molecule has 0 aromatic heterocycles. The summed E-state index contributed by atoms with van der Waals surface area (Å²) in [5, 5.41) is 0. The maximum absolute atomic E-state index is 10.9. The molecule has 0 bridgehead atoms. The van der Waals surface area contributed by atoms with Crippen LogP contribution >= 0.6 is 0 Å². The van der Waals surface area contributed by atoms with Gasteiger partial charge in [-0.2, -0.15) is 0 Å². The summed E-state index contributed by atoms with van der Waals surface area (Å²) in [6.07, 6.45) is 0.895. The predicted octanol–water partition coefficient (Wildman–Crippen LogP) is 4.77. The van der Waals surface area contributed by atoms with Crippen LogP contribution in [0, 0.1) is 6.92 Å². The highest BCUT2D eigenvalue weighted by atomic mass is 16.1. The van der Waals surface area contributed by atoms with Gasteiger partial charge in [-0.1, -0.05) is 57.2 Å². The van der Waals surface area contributed by atoms with Crippen molar-refractivity contribution in [2.75, 3.05) is 0 Å². The van der Waals surface area contributed by atoms with E-state index in [4.69, 9.17) is 0 Å². The Morgan fingerprint density at radius 2 is 1.58 bits per heavy atom.